The summed E-state index contributed by atoms with van der Waals surface area (Å²) in [5, 5.41) is 12.9. The molecule has 0 saturated carbocycles. The highest BCUT2D eigenvalue weighted by Gasteiger charge is 2.08. The Labute approximate surface area is 115 Å². The molecule has 108 valence electrons. The highest BCUT2D eigenvalue weighted by Crippen LogP contribution is 2.05. The lowest BCUT2D eigenvalue weighted by Gasteiger charge is -2.08. The topological polar surface area (TPSA) is 105 Å². The summed E-state index contributed by atoms with van der Waals surface area (Å²) in [6.07, 6.45) is 0. The van der Waals surface area contributed by atoms with Gasteiger partial charge in [0.15, 0.2) is 0 Å². The Hall–Kier alpha value is -2.41. The molecule has 0 saturated heterocycles. The van der Waals surface area contributed by atoms with Gasteiger partial charge in [-0.15, -0.1) is 0 Å². The molecule has 0 spiro atoms. The van der Waals surface area contributed by atoms with Gasteiger partial charge in [0.1, 0.15) is 13.2 Å². The minimum Gasteiger partial charge on any atom is -0.480 e. The third-order valence-corrected chi connectivity index (χ3v) is 2.41. The number of carboxylic acids is 1. The second-order valence-electron chi connectivity index (χ2n) is 4.04. The summed E-state index contributed by atoms with van der Waals surface area (Å²) in [4.78, 5) is 32.8. The van der Waals surface area contributed by atoms with Crippen LogP contribution in [0.25, 0.3) is 0 Å². The Balaban J connectivity index is 2.28. The van der Waals surface area contributed by atoms with Crippen LogP contribution in [0.4, 0.5) is 4.79 Å². The van der Waals surface area contributed by atoms with E-state index < -0.39 is 31.1 Å². The molecule has 7 heteroatoms. The van der Waals surface area contributed by atoms with Crippen molar-refractivity contribution < 1.29 is 24.2 Å². The molecule has 1 rings (SSSR count). The van der Waals surface area contributed by atoms with Gasteiger partial charge in [0.05, 0.1) is 0 Å². The third-order valence-electron chi connectivity index (χ3n) is 2.41. The van der Waals surface area contributed by atoms with Crippen LogP contribution in [0.15, 0.2) is 24.3 Å². The molecule has 20 heavy (non-hydrogen) atoms. The van der Waals surface area contributed by atoms with Gasteiger partial charge in [0.25, 0.3) is 5.91 Å². The van der Waals surface area contributed by atoms with Crippen molar-refractivity contribution in [1.82, 2.24) is 10.6 Å². The normalized spacial score (nSPS) is 9.85. The minimum atomic E-state index is -1.18. The SMILES string of the molecule is Cc1ccccc1CNC(=O)NC(=O)COCC(=O)O. The van der Waals surface area contributed by atoms with Crippen LogP contribution in [0, 0.1) is 6.92 Å². The summed E-state index contributed by atoms with van der Waals surface area (Å²) in [6, 6.07) is 6.87. The van der Waals surface area contributed by atoms with Crippen molar-refractivity contribution in [3.63, 3.8) is 0 Å². The summed E-state index contributed by atoms with van der Waals surface area (Å²) < 4.78 is 4.55. The maximum atomic E-state index is 11.4. The first-order valence-electron chi connectivity index (χ1n) is 5.90. The Morgan fingerprint density at radius 1 is 1.20 bits per heavy atom. The van der Waals surface area contributed by atoms with E-state index in [0.29, 0.717) is 6.54 Å². The van der Waals surface area contributed by atoms with Crippen LogP contribution in [0.1, 0.15) is 11.1 Å². The number of ether oxygens (including phenoxy) is 1. The van der Waals surface area contributed by atoms with Crippen LogP contribution in [0.3, 0.4) is 0 Å². The fraction of sp³-hybridized carbons (Fsp3) is 0.308. The van der Waals surface area contributed by atoms with Gasteiger partial charge in [-0.2, -0.15) is 0 Å². The summed E-state index contributed by atoms with van der Waals surface area (Å²) in [5.41, 5.74) is 1.97. The van der Waals surface area contributed by atoms with Crippen molar-refractivity contribution in [2.24, 2.45) is 0 Å². The second-order valence-corrected chi connectivity index (χ2v) is 4.04. The number of aliphatic carboxylic acids is 1. The van der Waals surface area contributed by atoms with Gasteiger partial charge in [-0.05, 0) is 18.1 Å². The zero-order chi connectivity index (χ0) is 15.0. The van der Waals surface area contributed by atoms with Crippen LogP contribution < -0.4 is 10.6 Å². The molecule has 3 N–H and O–H groups in total. The number of aryl methyl sites for hydroxylation is 1. The molecule has 7 nitrogen and oxygen atoms in total. The summed E-state index contributed by atoms with van der Waals surface area (Å²) >= 11 is 0. The van der Waals surface area contributed by atoms with E-state index in [1.165, 1.54) is 0 Å². The predicted molar refractivity (Wildman–Crippen MR) is 70.0 cm³/mol. The van der Waals surface area contributed by atoms with Crippen molar-refractivity contribution >= 4 is 17.9 Å². The molecule has 0 atom stereocenters. The molecule has 0 aromatic heterocycles. The van der Waals surface area contributed by atoms with Crippen LogP contribution in [-0.2, 0) is 20.9 Å². The third kappa shape index (κ3) is 5.96. The number of nitrogens with one attached hydrogen (secondary N) is 2. The highest BCUT2D eigenvalue weighted by atomic mass is 16.5. The lowest BCUT2D eigenvalue weighted by Crippen LogP contribution is -2.41. The molecular formula is C13H16N2O5. The minimum absolute atomic E-state index is 0.293. The van der Waals surface area contributed by atoms with Gasteiger partial charge in [0.2, 0.25) is 0 Å². The van der Waals surface area contributed by atoms with Crippen LogP contribution in [0.5, 0.6) is 0 Å². The maximum Gasteiger partial charge on any atom is 0.329 e. The number of hydrogen-bond donors (Lipinski definition) is 3. The molecule has 0 fully saturated rings. The number of imide groups is 1. The Morgan fingerprint density at radius 2 is 1.90 bits per heavy atom. The molecule has 0 aliphatic carbocycles. The van der Waals surface area contributed by atoms with Gasteiger partial charge < -0.3 is 15.2 Å². The van der Waals surface area contributed by atoms with E-state index in [4.69, 9.17) is 5.11 Å². The van der Waals surface area contributed by atoms with Gasteiger partial charge in [-0.25, -0.2) is 9.59 Å². The van der Waals surface area contributed by atoms with E-state index >= 15 is 0 Å². The standard InChI is InChI=1S/C13H16N2O5/c1-9-4-2-3-5-10(9)6-14-13(19)15-11(16)7-20-8-12(17)18/h2-5H,6-8H2,1H3,(H,17,18)(H2,14,15,16,19). The monoisotopic (exact) mass is 280 g/mol. The van der Waals surface area contributed by atoms with Crippen LogP contribution >= 0.6 is 0 Å². The summed E-state index contributed by atoms with van der Waals surface area (Å²) in [5.74, 6) is -1.88. The molecule has 1 aromatic carbocycles. The number of carboxylic acid groups (broad SMARTS) is 1. The lowest BCUT2D eigenvalue weighted by atomic mass is 10.1. The number of carbonyl (C=O) groups excluding carboxylic acids is 2. The summed E-state index contributed by atoms with van der Waals surface area (Å²) in [6.45, 7) is 1.14. The second kappa shape index (κ2) is 7.90. The lowest BCUT2D eigenvalue weighted by molar-refractivity contribution is -0.143. The maximum absolute atomic E-state index is 11.4. The predicted octanol–water partition coefficient (Wildman–Crippen LogP) is 0.422. The van der Waals surface area contributed by atoms with Gasteiger partial charge in [-0.1, -0.05) is 24.3 Å². The number of carbonyl (C=O) groups is 3. The van der Waals surface area contributed by atoms with Crippen molar-refractivity contribution in [3.05, 3.63) is 35.4 Å². The fourth-order valence-electron chi connectivity index (χ4n) is 1.42. The Kier molecular flexibility index (Phi) is 6.18. The average Bonchev–Trinajstić information content (AvgIpc) is 2.37. The van der Waals surface area contributed by atoms with Crippen molar-refractivity contribution in [3.8, 4) is 0 Å². The van der Waals surface area contributed by atoms with E-state index in [1.807, 2.05) is 36.5 Å². The number of benzene rings is 1. The Morgan fingerprint density at radius 3 is 2.55 bits per heavy atom. The fourth-order valence-corrected chi connectivity index (χ4v) is 1.42. The van der Waals surface area contributed by atoms with Crippen LogP contribution in [-0.4, -0.2) is 36.2 Å². The van der Waals surface area contributed by atoms with E-state index in [-0.39, 0.29) is 0 Å². The first-order valence-corrected chi connectivity index (χ1v) is 5.90. The van der Waals surface area contributed by atoms with Crippen molar-refractivity contribution in [2.45, 2.75) is 13.5 Å². The molecule has 3 amide bonds. The van der Waals surface area contributed by atoms with E-state index in [0.717, 1.165) is 11.1 Å². The van der Waals surface area contributed by atoms with Gasteiger partial charge in [-0.3, -0.25) is 10.1 Å². The first kappa shape index (κ1) is 15.6. The molecule has 1 aromatic rings. The van der Waals surface area contributed by atoms with Gasteiger partial charge in [0, 0.05) is 6.54 Å². The number of amides is 3. The molecule has 0 aliphatic heterocycles. The van der Waals surface area contributed by atoms with Crippen molar-refractivity contribution in [1.29, 1.82) is 0 Å². The van der Waals surface area contributed by atoms with Crippen molar-refractivity contribution in [2.75, 3.05) is 13.2 Å². The van der Waals surface area contributed by atoms with E-state index in [2.05, 4.69) is 10.1 Å². The molecule has 0 heterocycles. The van der Waals surface area contributed by atoms with E-state index in [1.54, 1.807) is 0 Å². The van der Waals surface area contributed by atoms with E-state index in [9.17, 15) is 14.4 Å². The first-order chi connectivity index (χ1) is 9.49. The summed E-state index contributed by atoms with van der Waals surface area (Å²) in [7, 11) is 0. The van der Waals surface area contributed by atoms with Gasteiger partial charge >= 0.3 is 12.0 Å². The molecule has 0 bridgehead atoms. The molecule has 0 aliphatic rings. The number of urea groups is 1. The average molecular weight is 280 g/mol. The quantitative estimate of drug-likeness (QED) is 0.700. The molecule has 0 unspecified atom stereocenters. The number of hydrogen-bond acceptors (Lipinski definition) is 4. The smallest absolute Gasteiger partial charge is 0.329 e. The Bertz CT molecular complexity index is 501. The zero-order valence-electron chi connectivity index (χ0n) is 11.0. The molecular weight excluding hydrogens is 264 g/mol. The number of rotatable bonds is 6. The zero-order valence-corrected chi connectivity index (χ0v) is 11.0. The largest absolute Gasteiger partial charge is 0.480 e. The highest BCUT2D eigenvalue weighted by molar-refractivity contribution is 5.94. The van der Waals surface area contributed by atoms with Crippen LogP contribution in [0.2, 0.25) is 0 Å². The molecule has 0 radical (unpaired) electrons.